The lowest BCUT2D eigenvalue weighted by molar-refractivity contribution is 0.101. The van der Waals surface area contributed by atoms with Gasteiger partial charge in [0, 0.05) is 24.1 Å². The maximum absolute atomic E-state index is 12.9. The Labute approximate surface area is 164 Å². The second-order valence-electron chi connectivity index (χ2n) is 7.88. The fraction of sp³-hybridized carbons (Fsp3) is 0.500. The number of benzene rings is 1. The van der Waals surface area contributed by atoms with Gasteiger partial charge in [-0.1, -0.05) is 37.5 Å². The zero-order valence-corrected chi connectivity index (χ0v) is 17.1. The molecule has 0 spiro atoms. The van der Waals surface area contributed by atoms with Crippen LogP contribution in [0, 0.1) is 11.3 Å². The van der Waals surface area contributed by atoms with Crippen molar-refractivity contribution < 1.29 is 18.8 Å². The summed E-state index contributed by atoms with van der Waals surface area (Å²) in [6.07, 6.45) is 2.62. The number of nitrogens with zero attached hydrogens (tertiary/aromatic N) is 1. The van der Waals surface area contributed by atoms with Crippen molar-refractivity contribution in [2.24, 2.45) is 11.3 Å². The Morgan fingerprint density at radius 2 is 1.96 bits per heavy atom. The normalized spacial score (nSPS) is 16.6. The molecule has 0 saturated carbocycles. The summed E-state index contributed by atoms with van der Waals surface area (Å²) in [5.41, 5.74) is 1.85. The molecule has 27 heavy (non-hydrogen) atoms. The van der Waals surface area contributed by atoms with Crippen molar-refractivity contribution in [2.45, 2.75) is 40.0 Å². The molecule has 0 saturated heterocycles. The molecular formula is C20H25ClN2O4. The molecule has 1 aliphatic carbocycles. The van der Waals surface area contributed by atoms with E-state index in [0.717, 1.165) is 30.6 Å². The number of aromatic nitrogens is 1. The molecule has 1 aromatic carbocycles. The number of ether oxygens (including phenoxy) is 2. The van der Waals surface area contributed by atoms with Crippen molar-refractivity contribution >= 4 is 23.2 Å². The van der Waals surface area contributed by atoms with E-state index < -0.39 is 0 Å². The van der Waals surface area contributed by atoms with Gasteiger partial charge in [0.25, 0.3) is 5.91 Å². The average molecular weight is 393 g/mol. The zero-order valence-electron chi connectivity index (χ0n) is 16.3. The Bertz CT molecular complexity index is 854. The summed E-state index contributed by atoms with van der Waals surface area (Å²) in [6.45, 7) is 6.67. The number of carbonyl (C=O) groups excluding carboxylic acids is 1. The van der Waals surface area contributed by atoms with Crippen LogP contribution in [0.3, 0.4) is 0 Å². The summed E-state index contributed by atoms with van der Waals surface area (Å²) >= 11 is 6.12. The van der Waals surface area contributed by atoms with Crippen LogP contribution in [-0.2, 0) is 12.8 Å². The molecule has 6 nitrogen and oxygen atoms in total. The van der Waals surface area contributed by atoms with Crippen molar-refractivity contribution in [2.75, 3.05) is 19.5 Å². The van der Waals surface area contributed by atoms with E-state index in [2.05, 4.69) is 31.2 Å². The number of nitrogens with one attached hydrogen (secondary N) is 1. The highest BCUT2D eigenvalue weighted by Crippen LogP contribution is 2.39. The molecule has 0 fully saturated rings. The summed E-state index contributed by atoms with van der Waals surface area (Å²) in [4.78, 5) is 12.9. The van der Waals surface area contributed by atoms with Crippen LogP contribution in [-0.4, -0.2) is 25.3 Å². The van der Waals surface area contributed by atoms with Crippen LogP contribution in [0.2, 0.25) is 5.02 Å². The fourth-order valence-corrected chi connectivity index (χ4v) is 3.69. The van der Waals surface area contributed by atoms with Crippen LogP contribution in [0.4, 0.5) is 5.69 Å². The quantitative estimate of drug-likeness (QED) is 0.812. The molecule has 0 aliphatic heterocycles. The van der Waals surface area contributed by atoms with E-state index in [1.54, 1.807) is 12.1 Å². The molecule has 2 aromatic rings. The third-order valence-corrected chi connectivity index (χ3v) is 5.50. The van der Waals surface area contributed by atoms with Gasteiger partial charge < -0.3 is 19.3 Å². The number of amides is 1. The monoisotopic (exact) mass is 392 g/mol. The lowest BCUT2D eigenvalue weighted by Gasteiger charge is -2.33. The Balaban J connectivity index is 1.88. The van der Waals surface area contributed by atoms with E-state index in [9.17, 15) is 4.79 Å². The van der Waals surface area contributed by atoms with Crippen molar-refractivity contribution in [3.05, 3.63) is 34.2 Å². The third kappa shape index (κ3) is 3.90. The topological polar surface area (TPSA) is 73.6 Å². The number of hydrogen-bond acceptors (Lipinski definition) is 5. The summed E-state index contributed by atoms with van der Waals surface area (Å²) in [6, 6.07) is 3.23. The lowest BCUT2D eigenvalue weighted by atomic mass is 9.71. The molecule has 1 heterocycles. The average Bonchev–Trinajstić information content (AvgIpc) is 3.05. The SMILES string of the molecule is COc1cc(NC(=O)c2noc3c2C[C@H](C(C)(C)C)CC3)c(OC)cc1Cl. The van der Waals surface area contributed by atoms with Gasteiger partial charge in [-0.3, -0.25) is 4.79 Å². The highest BCUT2D eigenvalue weighted by molar-refractivity contribution is 6.32. The number of halogens is 1. The van der Waals surface area contributed by atoms with Crippen LogP contribution >= 0.6 is 11.6 Å². The minimum Gasteiger partial charge on any atom is -0.495 e. The van der Waals surface area contributed by atoms with Gasteiger partial charge in [0.1, 0.15) is 17.3 Å². The first-order valence-electron chi connectivity index (χ1n) is 8.95. The Hall–Kier alpha value is -2.21. The zero-order chi connectivity index (χ0) is 19.8. The van der Waals surface area contributed by atoms with Gasteiger partial charge >= 0.3 is 0 Å². The standard InChI is InChI=1S/C20H25ClN2O4/c1-20(2,3)11-6-7-15-12(8-11)18(23-27-15)19(24)22-14-10-16(25-4)13(21)9-17(14)26-5/h9-11H,6-8H2,1-5H3,(H,22,24)/t11-/m1/s1. The minimum absolute atomic E-state index is 0.162. The van der Waals surface area contributed by atoms with Crippen molar-refractivity contribution in [3.8, 4) is 11.5 Å². The number of anilines is 1. The van der Waals surface area contributed by atoms with Gasteiger partial charge in [-0.15, -0.1) is 0 Å². The number of methoxy groups -OCH3 is 2. The maximum Gasteiger partial charge on any atom is 0.278 e. The Morgan fingerprint density at radius 1 is 1.26 bits per heavy atom. The summed E-state index contributed by atoms with van der Waals surface area (Å²) in [7, 11) is 3.03. The number of carbonyl (C=O) groups is 1. The smallest absolute Gasteiger partial charge is 0.278 e. The first kappa shape index (κ1) is 19.5. The van der Waals surface area contributed by atoms with E-state index in [0.29, 0.717) is 33.8 Å². The van der Waals surface area contributed by atoms with E-state index >= 15 is 0 Å². The highest BCUT2D eigenvalue weighted by Gasteiger charge is 2.34. The minimum atomic E-state index is -0.336. The van der Waals surface area contributed by atoms with Gasteiger partial charge in [0.2, 0.25) is 0 Å². The predicted molar refractivity (Wildman–Crippen MR) is 104 cm³/mol. The van der Waals surface area contributed by atoms with E-state index in [4.69, 9.17) is 25.6 Å². The summed E-state index contributed by atoms with van der Waals surface area (Å²) in [5, 5.41) is 7.29. The molecule has 1 atom stereocenters. The first-order valence-corrected chi connectivity index (χ1v) is 9.32. The van der Waals surface area contributed by atoms with Gasteiger partial charge in [-0.2, -0.15) is 0 Å². The molecule has 1 amide bonds. The molecule has 7 heteroatoms. The van der Waals surface area contributed by atoms with Crippen LogP contribution in [0.25, 0.3) is 0 Å². The fourth-order valence-electron chi connectivity index (χ4n) is 3.46. The van der Waals surface area contributed by atoms with Gasteiger partial charge in [0.05, 0.1) is 24.9 Å². The van der Waals surface area contributed by atoms with Gasteiger partial charge in [-0.25, -0.2) is 0 Å². The highest BCUT2D eigenvalue weighted by atomic mass is 35.5. The molecule has 3 rings (SSSR count). The van der Waals surface area contributed by atoms with Crippen molar-refractivity contribution in [1.29, 1.82) is 0 Å². The van der Waals surface area contributed by atoms with Crippen molar-refractivity contribution in [3.63, 3.8) is 0 Å². The van der Waals surface area contributed by atoms with Crippen LogP contribution in [0.1, 0.15) is 49.0 Å². The second-order valence-corrected chi connectivity index (χ2v) is 8.29. The van der Waals surface area contributed by atoms with Gasteiger partial charge in [-0.05, 0) is 24.2 Å². The maximum atomic E-state index is 12.9. The van der Waals surface area contributed by atoms with Crippen LogP contribution in [0.15, 0.2) is 16.7 Å². The molecule has 146 valence electrons. The summed E-state index contributed by atoms with van der Waals surface area (Å²) < 4.78 is 16.0. The largest absolute Gasteiger partial charge is 0.495 e. The summed E-state index contributed by atoms with van der Waals surface area (Å²) in [5.74, 6) is 1.83. The molecular weight excluding hydrogens is 368 g/mol. The Morgan fingerprint density at radius 3 is 2.59 bits per heavy atom. The lowest BCUT2D eigenvalue weighted by Crippen LogP contribution is -2.27. The predicted octanol–water partition coefficient (Wildman–Crippen LogP) is 4.75. The Kier molecular flexibility index (Phi) is 5.38. The van der Waals surface area contributed by atoms with Crippen LogP contribution < -0.4 is 14.8 Å². The number of hydrogen-bond donors (Lipinski definition) is 1. The molecule has 1 N–H and O–H groups in total. The number of rotatable bonds is 4. The molecule has 1 aliphatic rings. The number of fused-ring (bicyclic) bond motifs is 1. The number of aryl methyl sites for hydroxylation is 1. The first-order chi connectivity index (χ1) is 12.7. The van der Waals surface area contributed by atoms with E-state index in [-0.39, 0.29) is 11.3 Å². The third-order valence-electron chi connectivity index (χ3n) is 5.20. The second kappa shape index (κ2) is 7.43. The molecule has 0 unspecified atom stereocenters. The molecule has 0 bridgehead atoms. The van der Waals surface area contributed by atoms with Crippen molar-refractivity contribution in [1.82, 2.24) is 5.16 Å². The van der Waals surface area contributed by atoms with E-state index in [1.165, 1.54) is 14.2 Å². The van der Waals surface area contributed by atoms with E-state index in [1.807, 2.05) is 0 Å². The van der Waals surface area contributed by atoms with Gasteiger partial charge in [0.15, 0.2) is 5.69 Å². The molecule has 0 radical (unpaired) electrons. The molecule has 1 aromatic heterocycles. The van der Waals surface area contributed by atoms with Crippen LogP contribution in [0.5, 0.6) is 11.5 Å².